The van der Waals surface area contributed by atoms with E-state index in [1.807, 2.05) is 18.2 Å². The summed E-state index contributed by atoms with van der Waals surface area (Å²) < 4.78 is 10.6. The van der Waals surface area contributed by atoms with Crippen LogP contribution in [0.3, 0.4) is 0 Å². The van der Waals surface area contributed by atoms with Gasteiger partial charge in [0.1, 0.15) is 6.04 Å². The first-order valence-electron chi connectivity index (χ1n) is 8.28. The molecule has 0 saturated carbocycles. The van der Waals surface area contributed by atoms with Crippen molar-refractivity contribution in [2.45, 2.75) is 37.8 Å². The van der Waals surface area contributed by atoms with Crippen molar-refractivity contribution in [3.63, 3.8) is 0 Å². The number of piperidine rings is 1. The van der Waals surface area contributed by atoms with Crippen LogP contribution >= 0.6 is 0 Å². The lowest BCUT2D eigenvalue weighted by atomic mass is 10.0. The molecule has 3 rings (SSSR count). The van der Waals surface area contributed by atoms with Gasteiger partial charge in [-0.05, 0) is 37.8 Å². The van der Waals surface area contributed by atoms with E-state index in [1.165, 1.54) is 0 Å². The number of ether oxygens (including phenoxy) is 2. The molecule has 2 atom stereocenters. The Balaban J connectivity index is 1.49. The average Bonchev–Trinajstić information content (AvgIpc) is 3.08. The van der Waals surface area contributed by atoms with Gasteiger partial charge < -0.3 is 25.4 Å². The van der Waals surface area contributed by atoms with E-state index in [0.29, 0.717) is 25.3 Å². The van der Waals surface area contributed by atoms with Gasteiger partial charge in [-0.3, -0.25) is 4.79 Å². The first-order valence-corrected chi connectivity index (χ1v) is 8.28. The Kier molecular flexibility index (Phi) is 5.06. The number of hydrogen-bond acceptors (Lipinski definition) is 6. The smallest absolute Gasteiger partial charge is 0.240 e. The molecular weight excluding hydrogens is 308 g/mol. The van der Waals surface area contributed by atoms with E-state index in [2.05, 4.69) is 11.4 Å². The van der Waals surface area contributed by atoms with Crippen molar-refractivity contribution in [3.8, 4) is 17.6 Å². The van der Waals surface area contributed by atoms with Crippen LogP contribution in [-0.4, -0.2) is 42.8 Å². The quantitative estimate of drug-likeness (QED) is 0.847. The highest BCUT2D eigenvalue weighted by Crippen LogP contribution is 2.34. The monoisotopic (exact) mass is 330 g/mol. The first kappa shape index (κ1) is 16.4. The molecule has 0 aromatic heterocycles. The third-order valence-electron chi connectivity index (χ3n) is 4.41. The maximum atomic E-state index is 12.4. The fraction of sp³-hybridized carbons (Fsp3) is 0.529. The second-order valence-electron chi connectivity index (χ2n) is 6.06. The Morgan fingerprint density at radius 2 is 2.25 bits per heavy atom. The average molecular weight is 330 g/mol. The zero-order valence-electron chi connectivity index (χ0n) is 13.5. The molecular formula is C17H22N4O3. The molecule has 0 bridgehead atoms. The van der Waals surface area contributed by atoms with E-state index in [4.69, 9.17) is 15.2 Å². The van der Waals surface area contributed by atoms with Crippen LogP contribution in [-0.2, 0) is 4.79 Å². The molecule has 2 aliphatic rings. The summed E-state index contributed by atoms with van der Waals surface area (Å²) in [7, 11) is 0. The third-order valence-corrected chi connectivity index (χ3v) is 4.41. The molecule has 1 aromatic carbocycles. The van der Waals surface area contributed by atoms with E-state index in [9.17, 15) is 10.1 Å². The van der Waals surface area contributed by atoms with Gasteiger partial charge in [-0.1, -0.05) is 0 Å². The van der Waals surface area contributed by atoms with Crippen LogP contribution in [0.4, 0.5) is 5.69 Å². The second-order valence-corrected chi connectivity index (χ2v) is 6.06. The first-order chi connectivity index (χ1) is 11.7. The number of likely N-dealkylation sites (tertiary alicyclic amines) is 1. The number of amides is 1. The molecule has 1 aromatic rings. The van der Waals surface area contributed by atoms with Crippen molar-refractivity contribution in [1.82, 2.24) is 4.90 Å². The van der Waals surface area contributed by atoms with Gasteiger partial charge in [0.05, 0.1) is 12.1 Å². The summed E-state index contributed by atoms with van der Waals surface area (Å²) in [6, 6.07) is 6.89. The number of rotatable bonds is 5. The van der Waals surface area contributed by atoms with E-state index < -0.39 is 6.04 Å². The normalized spacial score (nSPS) is 20.3. The minimum absolute atomic E-state index is 0.131. The predicted molar refractivity (Wildman–Crippen MR) is 88.6 cm³/mol. The van der Waals surface area contributed by atoms with Gasteiger partial charge in [-0.25, -0.2) is 0 Å². The van der Waals surface area contributed by atoms with E-state index in [-0.39, 0.29) is 18.7 Å². The van der Waals surface area contributed by atoms with Crippen LogP contribution in [0.1, 0.15) is 25.7 Å². The number of hydrogen-bond donors (Lipinski definition) is 2. The highest BCUT2D eigenvalue weighted by Gasteiger charge is 2.29. The minimum Gasteiger partial charge on any atom is -0.454 e. The number of carbonyl (C=O) groups excluding carboxylic acids is 1. The zero-order valence-corrected chi connectivity index (χ0v) is 13.5. The summed E-state index contributed by atoms with van der Waals surface area (Å²) in [6.45, 7) is 1.44. The standard InChI is InChI=1S/C17H22N4O3/c18-10-13-3-1-2-8-21(13)17(22)14(19)6-7-20-12-4-5-15-16(9-12)24-11-23-15/h4-5,9,13-14,20H,1-3,6-8,11,19H2. The fourth-order valence-electron chi connectivity index (χ4n) is 3.04. The summed E-state index contributed by atoms with van der Waals surface area (Å²) in [4.78, 5) is 14.1. The molecule has 7 nitrogen and oxygen atoms in total. The van der Waals surface area contributed by atoms with Gasteiger partial charge >= 0.3 is 0 Å². The van der Waals surface area contributed by atoms with E-state index >= 15 is 0 Å². The predicted octanol–water partition coefficient (Wildman–Crippen LogP) is 1.45. The molecule has 1 fully saturated rings. The summed E-state index contributed by atoms with van der Waals surface area (Å²) in [5.41, 5.74) is 6.93. The molecule has 0 aliphatic carbocycles. The highest BCUT2D eigenvalue weighted by atomic mass is 16.7. The van der Waals surface area contributed by atoms with Crippen molar-refractivity contribution in [2.75, 3.05) is 25.2 Å². The maximum Gasteiger partial charge on any atom is 0.240 e. The molecule has 7 heteroatoms. The summed E-state index contributed by atoms with van der Waals surface area (Å²) in [5.74, 6) is 1.32. The molecule has 2 unspecified atom stereocenters. The SMILES string of the molecule is N#CC1CCCCN1C(=O)C(N)CCNc1ccc2c(c1)OCO2. The molecule has 1 saturated heterocycles. The number of anilines is 1. The Morgan fingerprint density at radius 1 is 1.42 bits per heavy atom. The lowest BCUT2D eigenvalue weighted by Crippen LogP contribution is -2.50. The van der Waals surface area contributed by atoms with Crippen molar-refractivity contribution < 1.29 is 14.3 Å². The van der Waals surface area contributed by atoms with E-state index in [1.54, 1.807) is 4.90 Å². The summed E-state index contributed by atoms with van der Waals surface area (Å²) in [6.07, 6.45) is 3.17. The number of carbonyl (C=O) groups is 1. The highest BCUT2D eigenvalue weighted by molar-refractivity contribution is 5.82. The minimum atomic E-state index is -0.597. The number of nitrogens with two attached hydrogens (primary N) is 1. The topological polar surface area (TPSA) is 101 Å². The van der Waals surface area contributed by atoms with Gasteiger partial charge in [0.2, 0.25) is 12.7 Å². The van der Waals surface area contributed by atoms with Crippen molar-refractivity contribution in [1.29, 1.82) is 5.26 Å². The molecule has 1 amide bonds. The van der Waals surface area contributed by atoms with Crippen LogP contribution in [0.2, 0.25) is 0 Å². The lowest BCUT2D eigenvalue weighted by Gasteiger charge is -2.33. The second kappa shape index (κ2) is 7.41. The molecule has 2 heterocycles. The van der Waals surface area contributed by atoms with Crippen LogP contribution < -0.4 is 20.5 Å². The Bertz CT molecular complexity index is 643. The Morgan fingerprint density at radius 3 is 3.08 bits per heavy atom. The maximum absolute atomic E-state index is 12.4. The van der Waals surface area contributed by atoms with E-state index in [0.717, 1.165) is 30.7 Å². The third kappa shape index (κ3) is 3.54. The number of nitriles is 1. The van der Waals surface area contributed by atoms with Crippen LogP contribution in [0.25, 0.3) is 0 Å². The zero-order chi connectivity index (χ0) is 16.9. The van der Waals surface area contributed by atoms with Gasteiger partial charge in [0, 0.05) is 24.8 Å². The number of nitrogens with zero attached hydrogens (tertiary/aromatic N) is 2. The van der Waals surface area contributed by atoms with Crippen molar-refractivity contribution in [2.24, 2.45) is 5.73 Å². The fourth-order valence-corrected chi connectivity index (χ4v) is 3.04. The molecule has 3 N–H and O–H groups in total. The molecule has 2 aliphatic heterocycles. The number of nitrogens with one attached hydrogen (secondary N) is 1. The van der Waals surface area contributed by atoms with Crippen molar-refractivity contribution in [3.05, 3.63) is 18.2 Å². The molecule has 0 radical (unpaired) electrons. The number of fused-ring (bicyclic) bond motifs is 1. The van der Waals surface area contributed by atoms with Gasteiger partial charge in [-0.15, -0.1) is 0 Å². The van der Waals surface area contributed by atoms with Crippen molar-refractivity contribution >= 4 is 11.6 Å². The lowest BCUT2D eigenvalue weighted by molar-refractivity contribution is -0.135. The summed E-state index contributed by atoms with van der Waals surface area (Å²) >= 11 is 0. The van der Waals surface area contributed by atoms with Crippen LogP contribution in [0.5, 0.6) is 11.5 Å². The molecule has 0 spiro atoms. The molecule has 128 valence electrons. The Hall–Kier alpha value is -2.46. The van der Waals surface area contributed by atoms with Gasteiger partial charge in [0.15, 0.2) is 11.5 Å². The van der Waals surface area contributed by atoms with Crippen LogP contribution in [0.15, 0.2) is 18.2 Å². The van der Waals surface area contributed by atoms with Gasteiger partial charge in [-0.2, -0.15) is 5.26 Å². The number of benzene rings is 1. The Labute approximate surface area is 141 Å². The van der Waals surface area contributed by atoms with Gasteiger partial charge in [0.25, 0.3) is 0 Å². The largest absolute Gasteiger partial charge is 0.454 e. The summed E-state index contributed by atoms with van der Waals surface area (Å²) in [5, 5.41) is 12.4. The van der Waals surface area contributed by atoms with Crippen LogP contribution in [0, 0.1) is 11.3 Å². The molecule has 24 heavy (non-hydrogen) atoms.